The summed E-state index contributed by atoms with van der Waals surface area (Å²) >= 11 is 5.71. The van der Waals surface area contributed by atoms with Crippen LogP contribution in [0.1, 0.15) is 5.56 Å². The lowest BCUT2D eigenvalue weighted by Crippen LogP contribution is -2.13. The van der Waals surface area contributed by atoms with Crippen molar-refractivity contribution in [3.63, 3.8) is 0 Å². The Kier molecular flexibility index (Phi) is 6.64. The van der Waals surface area contributed by atoms with Gasteiger partial charge in [0, 0.05) is 24.0 Å². The van der Waals surface area contributed by atoms with Gasteiger partial charge < -0.3 is 13.8 Å². The predicted molar refractivity (Wildman–Crippen MR) is 135 cm³/mol. The Labute approximate surface area is 216 Å². The zero-order valence-electron chi connectivity index (χ0n) is 19.3. The quantitative estimate of drug-likeness (QED) is 0.286. The maximum atomic E-state index is 13.4. The topological polar surface area (TPSA) is 112 Å². The second-order valence-electron chi connectivity index (χ2n) is 7.96. The van der Waals surface area contributed by atoms with Gasteiger partial charge in [0.2, 0.25) is 5.82 Å². The lowest BCUT2D eigenvalue weighted by Gasteiger charge is -2.10. The summed E-state index contributed by atoms with van der Waals surface area (Å²) in [6, 6.07) is 17.4. The summed E-state index contributed by atoms with van der Waals surface area (Å²) in [5, 5.41) is 3.76. The van der Waals surface area contributed by atoms with Crippen molar-refractivity contribution in [3.05, 3.63) is 95.7 Å². The standard InChI is InChI=1S/C25H19ClFN5O4S/c1-35-19-8-4-17(5-9-19)24-29-25(36-30-24)23-14-32(15-28-23)13-16-2-6-18(7-3-16)31-37(33,34)20-10-11-22(27)21(26)12-20/h2-12,14-15,31H,13H2,1H3. The predicted octanol–water partition coefficient (Wildman–Crippen LogP) is 5.25. The fraction of sp³-hybridized carbons (Fsp3) is 0.0800. The monoisotopic (exact) mass is 539 g/mol. The molecule has 0 bridgehead atoms. The van der Waals surface area contributed by atoms with E-state index in [1.165, 1.54) is 0 Å². The summed E-state index contributed by atoms with van der Waals surface area (Å²) < 4.78 is 53.3. The number of sulfonamides is 1. The number of benzene rings is 3. The molecule has 0 radical (unpaired) electrons. The molecule has 2 aromatic heterocycles. The first-order valence-corrected chi connectivity index (χ1v) is 12.7. The minimum atomic E-state index is -3.92. The molecule has 0 unspecified atom stereocenters. The van der Waals surface area contributed by atoms with Crippen LogP contribution in [0.15, 0.2) is 88.7 Å². The normalized spacial score (nSPS) is 11.4. The Morgan fingerprint density at radius 1 is 1.08 bits per heavy atom. The third-order valence-corrected chi connectivity index (χ3v) is 7.07. The van der Waals surface area contributed by atoms with E-state index in [4.69, 9.17) is 20.9 Å². The Morgan fingerprint density at radius 2 is 1.84 bits per heavy atom. The Morgan fingerprint density at radius 3 is 2.54 bits per heavy atom. The van der Waals surface area contributed by atoms with Gasteiger partial charge in [-0.25, -0.2) is 17.8 Å². The van der Waals surface area contributed by atoms with E-state index in [0.29, 0.717) is 23.8 Å². The number of nitrogens with zero attached hydrogens (tertiary/aromatic N) is 4. The molecule has 188 valence electrons. The first-order valence-electron chi connectivity index (χ1n) is 10.9. The molecule has 1 N–H and O–H groups in total. The number of hydrogen-bond donors (Lipinski definition) is 1. The first-order chi connectivity index (χ1) is 17.8. The van der Waals surface area contributed by atoms with Crippen molar-refractivity contribution in [2.75, 3.05) is 11.8 Å². The van der Waals surface area contributed by atoms with E-state index in [2.05, 4.69) is 19.8 Å². The molecular formula is C25H19ClFN5O4S. The second kappa shape index (κ2) is 10.0. The van der Waals surface area contributed by atoms with E-state index < -0.39 is 15.8 Å². The first kappa shape index (κ1) is 24.5. The molecule has 9 nitrogen and oxygen atoms in total. The van der Waals surface area contributed by atoms with Crippen molar-refractivity contribution in [1.82, 2.24) is 19.7 Å². The summed E-state index contributed by atoms with van der Waals surface area (Å²) in [4.78, 5) is 8.63. The van der Waals surface area contributed by atoms with Gasteiger partial charge in [0.05, 0.1) is 23.4 Å². The zero-order valence-corrected chi connectivity index (χ0v) is 20.9. The molecule has 0 aliphatic rings. The van der Waals surface area contributed by atoms with E-state index in [-0.39, 0.29) is 15.8 Å². The third-order valence-electron chi connectivity index (χ3n) is 5.40. The Hall–Kier alpha value is -4.22. The maximum Gasteiger partial charge on any atom is 0.278 e. The summed E-state index contributed by atoms with van der Waals surface area (Å²) in [5.41, 5.74) is 2.57. The van der Waals surface area contributed by atoms with Gasteiger partial charge >= 0.3 is 0 Å². The zero-order chi connectivity index (χ0) is 26.0. The number of halogens is 2. The van der Waals surface area contributed by atoms with E-state index in [1.807, 2.05) is 28.8 Å². The minimum Gasteiger partial charge on any atom is -0.497 e. The third kappa shape index (κ3) is 5.47. The van der Waals surface area contributed by atoms with Gasteiger partial charge in [0.25, 0.3) is 15.9 Å². The SMILES string of the molecule is COc1ccc(-c2noc(-c3cn(Cc4ccc(NS(=O)(=O)c5ccc(F)c(Cl)c5)cc4)cn3)n2)cc1. The highest BCUT2D eigenvalue weighted by Crippen LogP contribution is 2.24. The van der Waals surface area contributed by atoms with Crippen LogP contribution in [0.5, 0.6) is 5.75 Å². The van der Waals surface area contributed by atoms with Crippen molar-refractivity contribution in [3.8, 4) is 28.7 Å². The molecule has 0 atom stereocenters. The van der Waals surface area contributed by atoms with Crippen LogP contribution >= 0.6 is 11.6 Å². The molecular weight excluding hydrogens is 521 g/mol. The molecule has 0 saturated heterocycles. The molecule has 12 heteroatoms. The average Bonchev–Trinajstić information content (AvgIpc) is 3.57. The van der Waals surface area contributed by atoms with Gasteiger partial charge in [-0.1, -0.05) is 28.9 Å². The average molecular weight is 540 g/mol. The van der Waals surface area contributed by atoms with E-state index in [1.54, 1.807) is 43.9 Å². The van der Waals surface area contributed by atoms with Crippen molar-refractivity contribution in [2.45, 2.75) is 11.4 Å². The number of nitrogens with one attached hydrogen (secondary N) is 1. The molecule has 0 fully saturated rings. The minimum absolute atomic E-state index is 0.134. The van der Waals surface area contributed by atoms with Crippen molar-refractivity contribution in [1.29, 1.82) is 0 Å². The van der Waals surface area contributed by atoms with Gasteiger partial charge in [-0.05, 0) is 60.2 Å². The largest absolute Gasteiger partial charge is 0.497 e. The number of rotatable bonds is 8. The molecule has 0 aliphatic carbocycles. The van der Waals surface area contributed by atoms with Crippen LogP contribution in [0.25, 0.3) is 23.0 Å². The maximum absolute atomic E-state index is 13.4. The molecule has 2 heterocycles. The van der Waals surface area contributed by atoms with Crippen LogP contribution in [0.4, 0.5) is 10.1 Å². The van der Waals surface area contributed by atoms with Crippen LogP contribution < -0.4 is 9.46 Å². The van der Waals surface area contributed by atoms with Crippen LogP contribution in [-0.4, -0.2) is 35.2 Å². The lowest BCUT2D eigenvalue weighted by molar-refractivity contribution is 0.414. The Balaban J connectivity index is 1.25. The van der Waals surface area contributed by atoms with Crippen molar-refractivity contribution >= 4 is 27.3 Å². The van der Waals surface area contributed by atoms with Gasteiger partial charge in [-0.3, -0.25) is 4.72 Å². The molecule has 3 aromatic carbocycles. The van der Waals surface area contributed by atoms with Crippen LogP contribution in [0.2, 0.25) is 5.02 Å². The molecule has 0 amide bonds. The number of hydrogen-bond acceptors (Lipinski definition) is 7. The van der Waals surface area contributed by atoms with Gasteiger partial charge in [0.15, 0.2) is 0 Å². The molecule has 5 rings (SSSR count). The highest BCUT2D eigenvalue weighted by molar-refractivity contribution is 7.92. The molecule has 37 heavy (non-hydrogen) atoms. The summed E-state index contributed by atoms with van der Waals surface area (Å²) in [5.74, 6) is 0.766. The van der Waals surface area contributed by atoms with E-state index >= 15 is 0 Å². The molecule has 0 saturated carbocycles. The van der Waals surface area contributed by atoms with Crippen LogP contribution in [0.3, 0.4) is 0 Å². The number of anilines is 1. The number of aromatic nitrogens is 4. The lowest BCUT2D eigenvalue weighted by atomic mass is 10.2. The smallest absolute Gasteiger partial charge is 0.278 e. The Bertz CT molecular complexity index is 1650. The summed E-state index contributed by atoms with van der Waals surface area (Å²) in [7, 11) is -2.32. The van der Waals surface area contributed by atoms with E-state index in [9.17, 15) is 12.8 Å². The van der Waals surface area contributed by atoms with E-state index in [0.717, 1.165) is 35.1 Å². The molecule has 0 spiro atoms. The fourth-order valence-corrected chi connectivity index (χ4v) is 4.82. The van der Waals surface area contributed by atoms with Crippen molar-refractivity contribution < 1.29 is 22.1 Å². The van der Waals surface area contributed by atoms with Crippen LogP contribution in [-0.2, 0) is 16.6 Å². The summed E-state index contributed by atoms with van der Waals surface area (Å²) in [6.07, 6.45) is 3.42. The summed E-state index contributed by atoms with van der Waals surface area (Å²) in [6.45, 7) is 0.479. The molecule has 5 aromatic rings. The van der Waals surface area contributed by atoms with Crippen molar-refractivity contribution in [2.24, 2.45) is 0 Å². The van der Waals surface area contributed by atoms with Gasteiger partial charge in [-0.15, -0.1) is 0 Å². The number of imidazole rings is 1. The van der Waals surface area contributed by atoms with Gasteiger partial charge in [0.1, 0.15) is 17.3 Å². The highest BCUT2D eigenvalue weighted by Gasteiger charge is 2.17. The number of ether oxygens (including phenoxy) is 1. The molecule has 0 aliphatic heterocycles. The highest BCUT2D eigenvalue weighted by atomic mass is 35.5. The second-order valence-corrected chi connectivity index (χ2v) is 10.1. The number of methoxy groups -OCH3 is 1. The fourth-order valence-electron chi connectivity index (χ4n) is 3.49. The van der Waals surface area contributed by atoms with Crippen LogP contribution in [0, 0.1) is 5.82 Å². The van der Waals surface area contributed by atoms with Gasteiger partial charge in [-0.2, -0.15) is 4.98 Å².